The van der Waals surface area contributed by atoms with Crippen LogP contribution in [0.25, 0.3) is 0 Å². The standard InChI is InChI=1S/C16H23NO/c1-11-6-7-13-14(12(11)2)18-16(8-4-5-9-16)10-15(13,3)17/h6-7H,4-5,8-10,17H2,1-3H3. The molecule has 1 heterocycles. The van der Waals surface area contributed by atoms with Crippen LogP contribution < -0.4 is 10.5 Å². The summed E-state index contributed by atoms with van der Waals surface area (Å²) in [5.41, 5.74) is 10.1. The Morgan fingerprint density at radius 2 is 1.83 bits per heavy atom. The minimum atomic E-state index is -0.254. The third-order valence-corrected chi connectivity index (χ3v) is 4.81. The van der Waals surface area contributed by atoms with Gasteiger partial charge in [-0.05, 0) is 57.6 Å². The van der Waals surface area contributed by atoms with E-state index in [9.17, 15) is 0 Å². The van der Waals surface area contributed by atoms with Crippen LogP contribution in [0, 0.1) is 13.8 Å². The first-order valence-electron chi connectivity index (χ1n) is 7.02. The highest BCUT2D eigenvalue weighted by atomic mass is 16.5. The number of nitrogens with two attached hydrogens (primary N) is 1. The number of benzene rings is 1. The summed E-state index contributed by atoms with van der Waals surface area (Å²) < 4.78 is 6.45. The van der Waals surface area contributed by atoms with Gasteiger partial charge in [0.2, 0.25) is 0 Å². The van der Waals surface area contributed by atoms with Crippen molar-refractivity contribution in [3.8, 4) is 5.75 Å². The van der Waals surface area contributed by atoms with Crippen LogP contribution in [0.15, 0.2) is 12.1 Å². The summed E-state index contributed by atoms with van der Waals surface area (Å²) in [4.78, 5) is 0. The van der Waals surface area contributed by atoms with Gasteiger partial charge in [0.15, 0.2) is 0 Å². The third-order valence-electron chi connectivity index (χ3n) is 4.81. The molecular formula is C16H23NO. The summed E-state index contributed by atoms with van der Waals surface area (Å²) in [5, 5.41) is 0. The van der Waals surface area contributed by atoms with Gasteiger partial charge < -0.3 is 10.5 Å². The summed E-state index contributed by atoms with van der Waals surface area (Å²) in [6, 6.07) is 4.31. The molecule has 2 nitrogen and oxygen atoms in total. The van der Waals surface area contributed by atoms with E-state index in [4.69, 9.17) is 10.5 Å². The van der Waals surface area contributed by atoms with E-state index < -0.39 is 0 Å². The minimum absolute atomic E-state index is 0.00898. The highest BCUT2D eigenvalue weighted by Gasteiger charge is 2.47. The van der Waals surface area contributed by atoms with E-state index in [2.05, 4.69) is 32.9 Å². The lowest BCUT2D eigenvalue weighted by molar-refractivity contribution is 0.0216. The number of hydrogen-bond acceptors (Lipinski definition) is 2. The second-order valence-corrected chi connectivity index (χ2v) is 6.47. The Balaban J connectivity index is 2.14. The lowest BCUT2D eigenvalue weighted by Gasteiger charge is -2.45. The lowest BCUT2D eigenvalue weighted by atomic mass is 9.76. The summed E-state index contributed by atoms with van der Waals surface area (Å²) in [6.07, 6.45) is 5.82. The van der Waals surface area contributed by atoms with E-state index in [1.54, 1.807) is 0 Å². The molecule has 1 aromatic rings. The predicted octanol–water partition coefficient (Wildman–Crippen LogP) is 3.57. The first kappa shape index (κ1) is 12.0. The van der Waals surface area contributed by atoms with Crippen LogP contribution >= 0.6 is 0 Å². The number of rotatable bonds is 0. The van der Waals surface area contributed by atoms with Gasteiger partial charge in [0.25, 0.3) is 0 Å². The quantitative estimate of drug-likeness (QED) is 0.758. The van der Waals surface area contributed by atoms with E-state index in [-0.39, 0.29) is 11.1 Å². The van der Waals surface area contributed by atoms with E-state index >= 15 is 0 Å². The summed E-state index contributed by atoms with van der Waals surface area (Å²) in [5.74, 6) is 1.06. The molecule has 1 atom stereocenters. The predicted molar refractivity (Wildman–Crippen MR) is 73.9 cm³/mol. The molecule has 1 aliphatic carbocycles. The fraction of sp³-hybridized carbons (Fsp3) is 0.625. The van der Waals surface area contributed by atoms with Gasteiger partial charge in [-0.1, -0.05) is 12.1 Å². The Morgan fingerprint density at radius 3 is 2.50 bits per heavy atom. The SMILES string of the molecule is Cc1ccc2c(c1C)OC1(CCCC1)CC2(C)N. The largest absolute Gasteiger partial charge is 0.487 e. The molecule has 1 aromatic carbocycles. The van der Waals surface area contributed by atoms with Gasteiger partial charge >= 0.3 is 0 Å². The van der Waals surface area contributed by atoms with Crippen molar-refractivity contribution in [2.75, 3.05) is 0 Å². The maximum atomic E-state index is 6.58. The van der Waals surface area contributed by atoms with Crippen molar-refractivity contribution in [1.82, 2.24) is 0 Å². The van der Waals surface area contributed by atoms with E-state index in [1.807, 2.05) is 0 Å². The van der Waals surface area contributed by atoms with Crippen LogP contribution in [0.4, 0.5) is 0 Å². The average Bonchev–Trinajstić information content (AvgIpc) is 2.71. The van der Waals surface area contributed by atoms with Crippen molar-refractivity contribution in [3.05, 3.63) is 28.8 Å². The Bertz CT molecular complexity index is 484. The number of aryl methyl sites for hydroxylation is 1. The van der Waals surface area contributed by atoms with Gasteiger partial charge in [-0.15, -0.1) is 0 Å². The summed E-state index contributed by atoms with van der Waals surface area (Å²) >= 11 is 0. The lowest BCUT2D eigenvalue weighted by Crippen LogP contribution is -2.49. The molecule has 1 saturated carbocycles. The molecule has 0 bridgehead atoms. The maximum absolute atomic E-state index is 6.58. The van der Waals surface area contributed by atoms with Crippen LogP contribution in [0.5, 0.6) is 5.75 Å². The third kappa shape index (κ3) is 1.66. The fourth-order valence-corrected chi connectivity index (χ4v) is 3.69. The molecule has 3 rings (SSSR count). The van der Waals surface area contributed by atoms with Crippen LogP contribution in [-0.2, 0) is 5.54 Å². The molecule has 1 spiro atoms. The molecule has 2 heteroatoms. The van der Waals surface area contributed by atoms with Crippen molar-refractivity contribution in [3.63, 3.8) is 0 Å². The van der Waals surface area contributed by atoms with Gasteiger partial charge in [0, 0.05) is 17.5 Å². The monoisotopic (exact) mass is 245 g/mol. The van der Waals surface area contributed by atoms with Crippen molar-refractivity contribution in [1.29, 1.82) is 0 Å². The van der Waals surface area contributed by atoms with Crippen molar-refractivity contribution in [2.45, 2.75) is 64.0 Å². The van der Waals surface area contributed by atoms with Crippen molar-refractivity contribution in [2.24, 2.45) is 5.73 Å². The fourth-order valence-electron chi connectivity index (χ4n) is 3.69. The minimum Gasteiger partial charge on any atom is -0.487 e. The van der Waals surface area contributed by atoms with Gasteiger partial charge in [-0.2, -0.15) is 0 Å². The van der Waals surface area contributed by atoms with Crippen molar-refractivity contribution >= 4 is 0 Å². The first-order chi connectivity index (χ1) is 8.44. The Kier molecular flexibility index (Phi) is 2.50. The van der Waals surface area contributed by atoms with Gasteiger partial charge in [0.05, 0.1) is 0 Å². The molecule has 0 amide bonds. The number of ether oxygens (including phenoxy) is 1. The second kappa shape index (κ2) is 3.74. The number of fused-ring (bicyclic) bond motifs is 1. The van der Waals surface area contributed by atoms with Crippen LogP contribution in [0.1, 0.15) is 55.7 Å². The molecule has 0 radical (unpaired) electrons. The molecule has 98 valence electrons. The molecule has 1 fully saturated rings. The van der Waals surface area contributed by atoms with Crippen LogP contribution in [-0.4, -0.2) is 5.60 Å². The average molecular weight is 245 g/mol. The Hall–Kier alpha value is -1.02. The van der Waals surface area contributed by atoms with Gasteiger partial charge in [-0.25, -0.2) is 0 Å². The van der Waals surface area contributed by atoms with E-state index in [0.29, 0.717) is 0 Å². The maximum Gasteiger partial charge on any atom is 0.128 e. The Morgan fingerprint density at radius 1 is 1.17 bits per heavy atom. The van der Waals surface area contributed by atoms with Crippen LogP contribution in [0.2, 0.25) is 0 Å². The van der Waals surface area contributed by atoms with Crippen LogP contribution in [0.3, 0.4) is 0 Å². The highest BCUT2D eigenvalue weighted by molar-refractivity contribution is 5.50. The van der Waals surface area contributed by atoms with Gasteiger partial charge in [-0.3, -0.25) is 0 Å². The molecule has 1 unspecified atom stereocenters. The van der Waals surface area contributed by atoms with Crippen molar-refractivity contribution < 1.29 is 4.74 Å². The zero-order valence-electron chi connectivity index (χ0n) is 11.7. The molecule has 1 aliphatic heterocycles. The zero-order valence-corrected chi connectivity index (χ0v) is 11.7. The van der Waals surface area contributed by atoms with Gasteiger partial charge in [0.1, 0.15) is 11.4 Å². The second-order valence-electron chi connectivity index (χ2n) is 6.47. The summed E-state index contributed by atoms with van der Waals surface area (Å²) in [7, 11) is 0. The van der Waals surface area contributed by atoms with E-state index in [0.717, 1.165) is 25.0 Å². The normalized spacial score (nSPS) is 29.1. The number of hydrogen-bond donors (Lipinski definition) is 1. The molecule has 18 heavy (non-hydrogen) atoms. The van der Waals surface area contributed by atoms with E-state index in [1.165, 1.54) is 29.5 Å². The molecule has 0 saturated heterocycles. The molecule has 2 aliphatic rings. The first-order valence-corrected chi connectivity index (χ1v) is 7.02. The topological polar surface area (TPSA) is 35.2 Å². The summed E-state index contributed by atoms with van der Waals surface area (Å²) in [6.45, 7) is 6.45. The zero-order chi connectivity index (χ0) is 13.0. The molecule has 2 N–H and O–H groups in total. The molecular weight excluding hydrogens is 222 g/mol. The smallest absolute Gasteiger partial charge is 0.128 e. The molecule has 0 aromatic heterocycles. The highest BCUT2D eigenvalue weighted by Crippen LogP contribution is 2.50. The Labute approximate surface area is 110 Å².